The number of hydrogen-bond acceptors (Lipinski definition) is 2. The summed E-state index contributed by atoms with van der Waals surface area (Å²) in [6.07, 6.45) is 0.360. The quantitative estimate of drug-likeness (QED) is 0.736. The summed E-state index contributed by atoms with van der Waals surface area (Å²) in [6, 6.07) is 6.03. The molecule has 5 nitrogen and oxygen atoms in total. The van der Waals surface area contributed by atoms with Crippen molar-refractivity contribution in [3.05, 3.63) is 29.8 Å². The van der Waals surface area contributed by atoms with Crippen molar-refractivity contribution in [2.75, 3.05) is 11.9 Å². The zero-order valence-corrected chi connectivity index (χ0v) is 8.80. The highest BCUT2D eigenvalue weighted by molar-refractivity contribution is 6.00. The van der Waals surface area contributed by atoms with Crippen molar-refractivity contribution in [3.63, 3.8) is 0 Å². The average molecular weight is 220 g/mol. The Kier molecular flexibility index (Phi) is 2.52. The van der Waals surface area contributed by atoms with Crippen LogP contribution in [0.25, 0.3) is 0 Å². The maximum absolute atomic E-state index is 11.6. The molecule has 1 aromatic carbocycles. The van der Waals surface area contributed by atoms with Gasteiger partial charge in [-0.15, -0.1) is 0 Å². The van der Waals surface area contributed by atoms with Crippen LogP contribution in [0.1, 0.15) is 5.56 Å². The normalized spacial score (nSPS) is 18.1. The standard InChI is InChI=1S/C11H12N2O3/c1-12-11(16)13-8-5-3-2-4-7(8)6-9(13)10(14)15/h2-5,9H,6H2,1H3,(H,12,16)(H,14,15). The molecule has 1 aliphatic heterocycles. The van der Waals surface area contributed by atoms with Gasteiger partial charge in [-0.25, -0.2) is 9.59 Å². The van der Waals surface area contributed by atoms with Crippen LogP contribution in [0.2, 0.25) is 0 Å². The van der Waals surface area contributed by atoms with Crippen molar-refractivity contribution in [2.24, 2.45) is 0 Å². The first-order valence-electron chi connectivity index (χ1n) is 4.97. The Bertz CT molecular complexity index is 445. The number of nitrogens with one attached hydrogen (secondary N) is 1. The number of amides is 2. The summed E-state index contributed by atoms with van der Waals surface area (Å²) in [7, 11) is 1.49. The van der Waals surface area contributed by atoms with Gasteiger partial charge in [-0.05, 0) is 11.6 Å². The molecule has 16 heavy (non-hydrogen) atoms. The van der Waals surface area contributed by atoms with Gasteiger partial charge in [-0.3, -0.25) is 4.90 Å². The van der Waals surface area contributed by atoms with Crippen LogP contribution in [0.4, 0.5) is 10.5 Å². The number of nitrogens with zero attached hydrogens (tertiary/aromatic N) is 1. The Morgan fingerprint density at radius 3 is 2.75 bits per heavy atom. The van der Waals surface area contributed by atoms with Gasteiger partial charge in [-0.2, -0.15) is 0 Å². The van der Waals surface area contributed by atoms with E-state index in [2.05, 4.69) is 5.32 Å². The maximum atomic E-state index is 11.6. The Morgan fingerprint density at radius 2 is 2.12 bits per heavy atom. The summed E-state index contributed by atoms with van der Waals surface area (Å²) in [6.45, 7) is 0. The fourth-order valence-corrected chi connectivity index (χ4v) is 1.96. The number of benzene rings is 1. The predicted molar refractivity (Wildman–Crippen MR) is 58.5 cm³/mol. The first kappa shape index (κ1) is 10.5. The van der Waals surface area contributed by atoms with E-state index in [1.807, 2.05) is 12.1 Å². The number of urea groups is 1. The minimum absolute atomic E-state index is 0.360. The number of rotatable bonds is 1. The van der Waals surface area contributed by atoms with Gasteiger partial charge in [-0.1, -0.05) is 18.2 Å². The molecule has 2 amide bonds. The number of hydrogen-bond donors (Lipinski definition) is 2. The molecular weight excluding hydrogens is 208 g/mol. The number of anilines is 1. The second-order valence-electron chi connectivity index (χ2n) is 3.61. The summed E-state index contributed by atoms with van der Waals surface area (Å²) in [5.74, 6) is -0.986. The van der Waals surface area contributed by atoms with Crippen molar-refractivity contribution in [1.82, 2.24) is 5.32 Å². The number of aliphatic carboxylic acids is 1. The monoisotopic (exact) mass is 220 g/mol. The highest BCUT2D eigenvalue weighted by Gasteiger charge is 2.37. The van der Waals surface area contributed by atoms with Gasteiger partial charge in [0.25, 0.3) is 0 Å². The molecule has 2 rings (SSSR count). The van der Waals surface area contributed by atoms with Crippen LogP contribution in [0.3, 0.4) is 0 Å². The van der Waals surface area contributed by atoms with Gasteiger partial charge in [0, 0.05) is 19.2 Å². The molecular formula is C11H12N2O3. The number of para-hydroxylation sites is 1. The lowest BCUT2D eigenvalue weighted by molar-refractivity contribution is -0.138. The molecule has 0 spiro atoms. The summed E-state index contributed by atoms with van der Waals surface area (Å²) in [5.41, 5.74) is 1.56. The fraction of sp³-hybridized carbons (Fsp3) is 0.273. The van der Waals surface area contributed by atoms with E-state index in [0.717, 1.165) is 5.56 Å². The number of carboxylic acid groups (broad SMARTS) is 1. The van der Waals surface area contributed by atoms with Crippen molar-refractivity contribution in [2.45, 2.75) is 12.5 Å². The van der Waals surface area contributed by atoms with E-state index in [1.54, 1.807) is 12.1 Å². The largest absolute Gasteiger partial charge is 0.480 e. The number of carbonyl (C=O) groups excluding carboxylic acids is 1. The zero-order valence-electron chi connectivity index (χ0n) is 8.80. The Labute approximate surface area is 92.7 Å². The third-order valence-electron chi connectivity index (χ3n) is 2.69. The van der Waals surface area contributed by atoms with E-state index in [0.29, 0.717) is 12.1 Å². The van der Waals surface area contributed by atoms with Crippen LogP contribution in [0, 0.1) is 0 Å². The predicted octanol–water partition coefficient (Wildman–Crippen LogP) is 0.842. The first-order valence-corrected chi connectivity index (χ1v) is 4.97. The van der Waals surface area contributed by atoms with Crippen LogP contribution >= 0.6 is 0 Å². The average Bonchev–Trinajstić information content (AvgIpc) is 2.67. The highest BCUT2D eigenvalue weighted by Crippen LogP contribution is 2.31. The topological polar surface area (TPSA) is 69.6 Å². The molecule has 1 aromatic rings. The van der Waals surface area contributed by atoms with Gasteiger partial charge in [0.2, 0.25) is 0 Å². The van der Waals surface area contributed by atoms with Gasteiger partial charge in [0.15, 0.2) is 0 Å². The molecule has 2 N–H and O–H groups in total. The smallest absolute Gasteiger partial charge is 0.327 e. The molecule has 0 radical (unpaired) electrons. The van der Waals surface area contributed by atoms with Crippen LogP contribution in [0.15, 0.2) is 24.3 Å². The fourth-order valence-electron chi connectivity index (χ4n) is 1.96. The van der Waals surface area contributed by atoms with Crippen molar-refractivity contribution in [3.8, 4) is 0 Å². The summed E-state index contributed by atoms with van der Waals surface area (Å²) < 4.78 is 0. The van der Waals surface area contributed by atoms with E-state index >= 15 is 0 Å². The molecule has 0 saturated heterocycles. The van der Waals surface area contributed by atoms with Crippen LogP contribution in [0.5, 0.6) is 0 Å². The summed E-state index contributed by atoms with van der Waals surface area (Å²) in [5, 5.41) is 11.5. The van der Waals surface area contributed by atoms with Crippen molar-refractivity contribution < 1.29 is 14.7 Å². The number of carbonyl (C=O) groups is 2. The zero-order chi connectivity index (χ0) is 11.7. The first-order chi connectivity index (χ1) is 7.65. The minimum atomic E-state index is -0.986. The molecule has 1 unspecified atom stereocenters. The molecule has 84 valence electrons. The van der Waals surface area contributed by atoms with E-state index in [1.165, 1.54) is 11.9 Å². The van der Waals surface area contributed by atoms with Gasteiger partial charge in [0.05, 0.1) is 0 Å². The third-order valence-corrected chi connectivity index (χ3v) is 2.69. The molecule has 0 fully saturated rings. The molecule has 0 bridgehead atoms. The Morgan fingerprint density at radius 1 is 1.44 bits per heavy atom. The molecule has 1 heterocycles. The number of fused-ring (bicyclic) bond motifs is 1. The van der Waals surface area contributed by atoms with Gasteiger partial charge in [0.1, 0.15) is 6.04 Å². The van der Waals surface area contributed by atoms with Crippen LogP contribution in [-0.2, 0) is 11.2 Å². The molecule has 0 aromatic heterocycles. The minimum Gasteiger partial charge on any atom is -0.480 e. The summed E-state index contributed by atoms with van der Waals surface area (Å²) >= 11 is 0. The van der Waals surface area contributed by atoms with E-state index in [-0.39, 0.29) is 0 Å². The lowest BCUT2D eigenvalue weighted by atomic mass is 10.1. The van der Waals surface area contributed by atoms with E-state index in [4.69, 9.17) is 5.11 Å². The molecule has 5 heteroatoms. The Balaban J connectivity index is 2.43. The van der Waals surface area contributed by atoms with E-state index in [9.17, 15) is 9.59 Å². The maximum Gasteiger partial charge on any atom is 0.327 e. The summed E-state index contributed by atoms with van der Waals surface area (Å²) in [4.78, 5) is 24.0. The van der Waals surface area contributed by atoms with Crippen molar-refractivity contribution in [1.29, 1.82) is 0 Å². The lowest BCUT2D eigenvalue weighted by Crippen LogP contribution is -2.46. The van der Waals surface area contributed by atoms with Crippen LogP contribution in [-0.4, -0.2) is 30.2 Å². The highest BCUT2D eigenvalue weighted by atomic mass is 16.4. The molecule has 1 aliphatic rings. The second-order valence-corrected chi connectivity index (χ2v) is 3.61. The number of carboxylic acids is 1. The van der Waals surface area contributed by atoms with Crippen LogP contribution < -0.4 is 10.2 Å². The van der Waals surface area contributed by atoms with Gasteiger partial charge >= 0.3 is 12.0 Å². The van der Waals surface area contributed by atoms with Gasteiger partial charge < -0.3 is 10.4 Å². The third kappa shape index (κ3) is 1.50. The molecule has 1 atom stereocenters. The molecule has 0 aliphatic carbocycles. The van der Waals surface area contributed by atoms with E-state index < -0.39 is 18.0 Å². The second kappa shape index (κ2) is 3.84. The lowest BCUT2D eigenvalue weighted by Gasteiger charge is -2.21. The molecule has 0 saturated carbocycles. The SMILES string of the molecule is CNC(=O)N1c2ccccc2CC1C(=O)O. The van der Waals surface area contributed by atoms with Crippen molar-refractivity contribution >= 4 is 17.7 Å². The Hall–Kier alpha value is -2.04.